The zero-order valence-corrected chi connectivity index (χ0v) is 16.3. The summed E-state index contributed by atoms with van der Waals surface area (Å²) in [6.07, 6.45) is 0.551. The third-order valence-corrected chi connectivity index (χ3v) is 6.24. The van der Waals surface area contributed by atoms with Crippen LogP contribution < -0.4 is 0 Å². The minimum absolute atomic E-state index is 0.0393. The maximum absolute atomic E-state index is 13.0. The summed E-state index contributed by atoms with van der Waals surface area (Å²) in [5, 5.41) is 12.0. The molecule has 1 fully saturated rings. The van der Waals surface area contributed by atoms with E-state index in [9.17, 15) is 9.90 Å². The molecule has 1 atom stereocenters. The number of aliphatic hydroxyl groups is 1. The summed E-state index contributed by atoms with van der Waals surface area (Å²) in [6.45, 7) is 4.85. The topological polar surface area (TPSA) is 53.4 Å². The van der Waals surface area contributed by atoms with Crippen molar-refractivity contribution >= 4 is 17.2 Å². The van der Waals surface area contributed by atoms with Gasteiger partial charge in [0.15, 0.2) is 0 Å². The van der Waals surface area contributed by atoms with E-state index in [0.29, 0.717) is 25.1 Å². The Balaban J connectivity index is 1.57. The monoisotopic (exact) mass is 378 g/mol. The number of carbonyl (C=O) groups is 1. The van der Waals surface area contributed by atoms with Gasteiger partial charge in [0.05, 0.1) is 22.1 Å². The highest BCUT2D eigenvalue weighted by Gasteiger charge is 2.39. The quantitative estimate of drug-likeness (QED) is 0.744. The molecule has 138 valence electrons. The van der Waals surface area contributed by atoms with Crippen LogP contribution in [-0.2, 0) is 5.60 Å². The number of rotatable bonds is 3. The van der Waals surface area contributed by atoms with Crippen LogP contribution in [0.2, 0.25) is 0 Å². The van der Waals surface area contributed by atoms with E-state index < -0.39 is 5.60 Å². The summed E-state index contributed by atoms with van der Waals surface area (Å²) >= 11 is 1.64. The second-order valence-corrected chi connectivity index (χ2v) is 8.31. The van der Waals surface area contributed by atoms with Gasteiger partial charge in [-0.1, -0.05) is 42.5 Å². The fraction of sp³-hybridized carbons (Fsp3) is 0.273. The number of thiazole rings is 1. The van der Waals surface area contributed by atoms with Crippen LogP contribution in [-0.4, -0.2) is 34.0 Å². The van der Waals surface area contributed by atoms with Gasteiger partial charge in [0.25, 0.3) is 5.91 Å². The zero-order valence-electron chi connectivity index (χ0n) is 15.5. The molecule has 1 N–H and O–H groups in total. The number of hydrogen-bond donors (Lipinski definition) is 1. The van der Waals surface area contributed by atoms with Crippen LogP contribution in [0.5, 0.6) is 0 Å². The number of amides is 1. The Kier molecular flexibility index (Phi) is 4.58. The molecule has 3 aromatic rings. The molecule has 5 heteroatoms. The average Bonchev–Trinajstić information content (AvgIpc) is 3.25. The SMILES string of the molecule is Cc1nc(C)c(-c2cccc(C(=O)N3CC[C@@](O)(c4ccccc4)C3)c2)s1. The molecular formula is C22H22N2O2S. The van der Waals surface area contributed by atoms with Gasteiger partial charge >= 0.3 is 0 Å². The molecule has 4 rings (SSSR count). The van der Waals surface area contributed by atoms with Gasteiger partial charge in [0.1, 0.15) is 5.60 Å². The van der Waals surface area contributed by atoms with Crippen LogP contribution in [0.4, 0.5) is 0 Å². The van der Waals surface area contributed by atoms with Gasteiger partial charge in [0.2, 0.25) is 0 Å². The summed E-state index contributed by atoms with van der Waals surface area (Å²) in [4.78, 5) is 20.4. The highest BCUT2D eigenvalue weighted by atomic mass is 32.1. The Labute approximate surface area is 163 Å². The normalized spacial score (nSPS) is 19.4. The van der Waals surface area contributed by atoms with Crippen LogP contribution in [0.15, 0.2) is 54.6 Å². The van der Waals surface area contributed by atoms with E-state index in [4.69, 9.17) is 0 Å². The Bertz CT molecular complexity index is 983. The Hall–Kier alpha value is -2.50. The standard InChI is InChI=1S/C22H22N2O2S/c1-15-20(27-16(2)23-15)17-7-6-8-18(13-17)21(25)24-12-11-22(26,14-24)19-9-4-3-5-10-19/h3-10,13,26H,11-12,14H2,1-2H3/t22-/m0/s1. The van der Waals surface area contributed by atoms with Crippen LogP contribution in [0.25, 0.3) is 10.4 Å². The molecule has 0 bridgehead atoms. The van der Waals surface area contributed by atoms with Gasteiger partial charge in [-0.2, -0.15) is 0 Å². The first-order valence-electron chi connectivity index (χ1n) is 9.08. The average molecular weight is 378 g/mol. The van der Waals surface area contributed by atoms with E-state index >= 15 is 0 Å². The minimum atomic E-state index is -0.972. The molecular weight excluding hydrogens is 356 g/mol. The van der Waals surface area contributed by atoms with Gasteiger partial charge < -0.3 is 10.0 Å². The number of aromatic nitrogens is 1. The molecule has 2 heterocycles. The van der Waals surface area contributed by atoms with E-state index in [1.165, 1.54) is 0 Å². The number of likely N-dealkylation sites (tertiary alicyclic amines) is 1. The first kappa shape index (κ1) is 17.9. The molecule has 0 saturated carbocycles. The van der Waals surface area contributed by atoms with Crippen molar-refractivity contribution in [3.63, 3.8) is 0 Å². The molecule has 1 aliphatic heterocycles. The lowest BCUT2D eigenvalue weighted by atomic mass is 9.93. The number of aryl methyl sites for hydroxylation is 2. The van der Waals surface area contributed by atoms with Crippen molar-refractivity contribution in [3.8, 4) is 10.4 Å². The Morgan fingerprint density at radius 2 is 1.93 bits per heavy atom. The van der Waals surface area contributed by atoms with Crippen molar-refractivity contribution in [1.82, 2.24) is 9.88 Å². The van der Waals surface area contributed by atoms with Crippen LogP contribution in [0, 0.1) is 13.8 Å². The fourth-order valence-electron chi connectivity index (χ4n) is 3.73. The molecule has 2 aromatic carbocycles. The van der Waals surface area contributed by atoms with Gasteiger partial charge in [0, 0.05) is 12.1 Å². The molecule has 1 saturated heterocycles. The molecule has 1 aliphatic rings. The third kappa shape index (κ3) is 3.40. The number of nitrogens with zero attached hydrogens (tertiary/aromatic N) is 2. The van der Waals surface area contributed by atoms with E-state index in [1.54, 1.807) is 16.2 Å². The van der Waals surface area contributed by atoms with Crippen molar-refractivity contribution in [3.05, 3.63) is 76.4 Å². The molecule has 0 radical (unpaired) electrons. The summed E-state index contributed by atoms with van der Waals surface area (Å²) in [6, 6.07) is 17.3. The number of carbonyl (C=O) groups excluding carboxylic acids is 1. The predicted molar refractivity (Wildman–Crippen MR) is 108 cm³/mol. The summed E-state index contributed by atoms with van der Waals surface area (Å²) in [5.41, 5.74) is 2.54. The second-order valence-electron chi connectivity index (χ2n) is 7.10. The maximum Gasteiger partial charge on any atom is 0.253 e. The number of hydrogen-bond acceptors (Lipinski definition) is 4. The molecule has 0 spiro atoms. The molecule has 0 aliphatic carbocycles. The summed E-state index contributed by atoms with van der Waals surface area (Å²) < 4.78 is 0. The van der Waals surface area contributed by atoms with Crippen LogP contribution in [0.1, 0.15) is 33.0 Å². The van der Waals surface area contributed by atoms with Gasteiger partial charge in [-0.05, 0) is 43.5 Å². The van der Waals surface area contributed by atoms with Crippen molar-refractivity contribution in [2.75, 3.05) is 13.1 Å². The van der Waals surface area contributed by atoms with Crippen molar-refractivity contribution in [2.45, 2.75) is 25.9 Å². The fourth-order valence-corrected chi connectivity index (χ4v) is 4.64. The van der Waals surface area contributed by atoms with E-state index in [-0.39, 0.29) is 5.91 Å². The van der Waals surface area contributed by atoms with Crippen molar-refractivity contribution < 1.29 is 9.90 Å². The predicted octanol–water partition coefficient (Wildman–Crippen LogP) is 4.16. The molecule has 1 amide bonds. The lowest BCUT2D eigenvalue weighted by Crippen LogP contribution is -2.34. The van der Waals surface area contributed by atoms with E-state index in [1.807, 2.05) is 68.4 Å². The largest absolute Gasteiger partial charge is 0.383 e. The minimum Gasteiger partial charge on any atom is -0.383 e. The highest BCUT2D eigenvalue weighted by Crippen LogP contribution is 2.34. The van der Waals surface area contributed by atoms with Crippen molar-refractivity contribution in [2.24, 2.45) is 0 Å². The van der Waals surface area contributed by atoms with Crippen LogP contribution in [0.3, 0.4) is 0 Å². The zero-order chi connectivity index (χ0) is 19.0. The molecule has 0 unspecified atom stereocenters. The Morgan fingerprint density at radius 3 is 2.63 bits per heavy atom. The van der Waals surface area contributed by atoms with E-state index in [0.717, 1.165) is 26.7 Å². The first-order chi connectivity index (χ1) is 13.0. The van der Waals surface area contributed by atoms with Gasteiger partial charge in [-0.15, -0.1) is 11.3 Å². The van der Waals surface area contributed by atoms with Crippen LogP contribution >= 0.6 is 11.3 Å². The summed E-state index contributed by atoms with van der Waals surface area (Å²) in [5.74, 6) is -0.0393. The summed E-state index contributed by atoms with van der Waals surface area (Å²) in [7, 11) is 0. The molecule has 27 heavy (non-hydrogen) atoms. The van der Waals surface area contributed by atoms with Gasteiger partial charge in [-0.25, -0.2) is 4.98 Å². The smallest absolute Gasteiger partial charge is 0.253 e. The molecule has 1 aromatic heterocycles. The van der Waals surface area contributed by atoms with E-state index in [2.05, 4.69) is 4.98 Å². The highest BCUT2D eigenvalue weighted by molar-refractivity contribution is 7.15. The van der Waals surface area contributed by atoms with Crippen molar-refractivity contribution in [1.29, 1.82) is 0 Å². The number of β-amino-alcohol motifs (C(OH)–C–C–N with tert-alkyl or cyclic N) is 1. The van der Waals surface area contributed by atoms with Gasteiger partial charge in [-0.3, -0.25) is 4.79 Å². The second kappa shape index (κ2) is 6.91. The third-order valence-electron chi connectivity index (χ3n) is 5.12. The number of benzene rings is 2. The molecule has 4 nitrogen and oxygen atoms in total. The Morgan fingerprint density at radius 1 is 1.15 bits per heavy atom. The first-order valence-corrected chi connectivity index (χ1v) is 9.89. The lowest BCUT2D eigenvalue weighted by molar-refractivity contribution is 0.0417. The lowest BCUT2D eigenvalue weighted by Gasteiger charge is -2.24. The maximum atomic E-state index is 13.0.